The molecule has 0 aliphatic carbocycles. The van der Waals surface area contributed by atoms with Crippen LogP contribution in [-0.2, 0) is 4.74 Å². The zero-order valence-electron chi connectivity index (χ0n) is 9.92. The van der Waals surface area contributed by atoms with Crippen LogP contribution in [-0.4, -0.2) is 76.0 Å². The maximum atomic E-state index is 10.0. The first-order chi connectivity index (χ1) is 9.54. The van der Waals surface area contributed by atoms with E-state index in [2.05, 4.69) is 47.0 Å². The molecule has 3 heterocycles. The fraction of sp³-hybridized carbons (Fsp3) is 0.500. The van der Waals surface area contributed by atoms with Crippen LogP contribution in [0, 0.1) is 0 Å². The SMILES string of the molecule is OCC1OC(n2nc(Br)c3c([Se])ncnc32)C(O)C1O. The topological polar surface area (TPSA) is 114 Å². The van der Waals surface area contributed by atoms with Gasteiger partial charge < -0.3 is 0 Å². The summed E-state index contributed by atoms with van der Waals surface area (Å²) < 4.78 is 7.92. The maximum absolute atomic E-state index is 10.0. The van der Waals surface area contributed by atoms with E-state index >= 15 is 0 Å². The minimum atomic E-state index is -1.21. The molecule has 2 aromatic heterocycles. The standard InChI is InChI=1S/C10H10BrN4O4Se/c11-7-4-8(12-2-13-9(4)20)15(14-7)10-6(18)5(17)3(1-16)19-10/h2-3,5-6,10,16-18H,1H2. The van der Waals surface area contributed by atoms with Gasteiger partial charge in [0.05, 0.1) is 0 Å². The number of halogens is 1. The van der Waals surface area contributed by atoms with Gasteiger partial charge in [-0.25, -0.2) is 0 Å². The van der Waals surface area contributed by atoms with Gasteiger partial charge in [0.25, 0.3) is 0 Å². The first-order valence-electron chi connectivity index (χ1n) is 5.72. The summed E-state index contributed by atoms with van der Waals surface area (Å²) in [6.07, 6.45) is -2.81. The summed E-state index contributed by atoms with van der Waals surface area (Å²) in [5.41, 5.74) is 0.454. The average Bonchev–Trinajstić information content (AvgIpc) is 2.90. The molecule has 4 atom stereocenters. The van der Waals surface area contributed by atoms with Crippen molar-refractivity contribution in [1.29, 1.82) is 0 Å². The van der Waals surface area contributed by atoms with Crippen molar-refractivity contribution in [3.8, 4) is 0 Å². The van der Waals surface area contributed by atoms with Crippen LogP contribution in [0.1, 0.15) is 6.23 Å². The van der Waals surface area contributed by atoms with E-state index in [1.54, 1.807) is 0 Å². The van der Waals surface area contributed by atoms with Crippen LogP contribution in [0.3, 0.4) is 0 Å². The molecule has 1 fully saturated rings. The van der Waals surface area contributed by atoms with Crippen molar-refractivity contribution in [2.24, 2.45) is 0 Å². The Morgan fingerprint density at radius 1 is 1.35 bits per heavy atom. The second-order valence-electron chi connectivity index (χ2n) is 4.34. The Morgan fingerprint density at radius 3 is 2.75 bits per heavy atom. The van der Waals surface area contributed by atoms with Crippen molar-refractivity contribution in [1.82, 2.24) is 19.7 Å². The molecular formula is C10H10BrN4O4Se. The van der Waals surface area contributed by atoms with Crippen LogP contribution in [0.5, 0.6) is 0 Å². The third-order valence-corrected chi connectivity index (χ3v) is 4.37. The van der Waals surface area contributed by atoms with Gasteiger partial charge in [-0.3, -0.25) is 0 Å². The van der Waals surface area contributed by atoms with E-state index in [1.807, 2.05) is 0 Å². The quantitative estimate of drug-likeness (QED) is 0.492. The van der Waals surface area contributed by atoms with Crippen LogP contribution in [0.15, 0.2) is 10.9 Å². The summed E-state index contributed by atoms with van der Waals surface area (Å²) in [4.78, 5) is 8.15. The number of aromatic nitrogens is 4. The van der Waals surface area contributed by atoms with Crippen molar-refractivity contribution < 1.29 is 20.1 Å². The van der Waals surface area contributed by atoms with Gasteiger partial charge in [0.15, 0.2) is 0 Å². The number of rotatable bonds is 2. The molecule has 1 saturated heterocycles. The zero-order chi connectivity index (χ0) is 14.4. The van der Waals surface area contributed by atoms with E-state index in [9.17, 15) is 10.2 Å². The van der Waals surface area contributed by atoms with Crippen LogP contribution in [0.2, 0.25) is 0 Å². The van der Waals surface area contributed by atoms with Gasteiger partial charge in [-0.1, -0.05) is 0 Å². The molecule has 3 N–H and O–H groups in total. The monoisotopic (exact) mass is 409 g/mol. The summed E-state index contributed by atoms with van der Waals surface area (Å²) in [5, 5.41) is 33.8. The molecule has 107 valence electrons. The van der Waals surface area contributed by atoms with Crippen molar-refractivity contribution in [3.63, 3.8) is 0 Å². The Kier molecular flexibility index (Phi) is 3.80. The van der Waals surface area contributed by atoms with Gasteiger partial charge in [-0.15, -0.1) is 0 Å². The number of fused-ring (bicyclic) bond motifs is 1. The molecule has 0 aromatic carbocycles. The number of nitrogens with zero attached hydrogens (tertiary/aromatic N) is 4. The molecule has 10 heteroatoms. The molecule has 0 spiro atoms. The Labute approximate surface area is 129 Å². The number of aliphatic hydroxyl groups excluding tert-OH is 3. The van der Waals surface area contributed by atoms with E-state index in [0.717, 1.165) is 0 Å². The fourth-order valence-corrected chi connectivity index (χ4v) is 3.49. The zero-order valence-corrected chi connectivity index (χ0v) is 13.2. The molecule has 2 aromatic rings. The number of aliphatic hydroxyl groups is 3. The van der Waals surface area contributed by atoms with Gasteiger partial charge in [0, 0.05) is 0 Å². The molecule has 0 bridgehead atoms. The van der Waals surface area contributed by atoms with Crippen LogP contribution in [0.4, 0.5) is 0 Å². The van der Waals surface area contributed by atoms with E-state index in [-0.39, 0.29) is 0 Å². The molecule has 20 heavy (non-hydrogen) atoms. The van der Waals surface area contributed by atoms with E-state index in [1.165, 1.54) is 11.0 Å². The predicted octanol–water partition coefficient (Wildman–Crippen LogP) is -2.01. The third-order valence-electron chi connectivity index (χ3n) is 3.17. The van der Waals surface area contributed by atoms with Gasteiger partial charge in [-0.05, 0) is 0 Å². The molecule has 1 radical (unpaired) electrons. The van der Waals surface area contributed by atoms with E-state index in [4.69, 9.17) is 9.84 Å². The number of hydrogen-bond acceptors (Lipinski definition) is 7. The molecule has 3 rings (SSSR count). The van der Waals surface area contributed by atoms with Crippen LogP contribution >= 0.6 is 15.9 Å². The third kappa shape index (κ3) is 2.08. The second kappa shape index (κ2) is 5.30. The summed E-state index contributed by atoms with van der Waals surface area (Å²) in [6, 6.07) is 0. The van der Waals surface area contributed by atoms with Crippen LogP contribution < -0.4 is 4.59 Å². The molecule has 0 amide bonds. The Balaban J connectivity index is 2.10. The minimum absolute atomic E-state index is 0.392. The molecule has 1 aliphatic heterocycles. The summed E-state index contributed by atoms with van der Waals surface area (Å²) in [5.74, 6) is 0. The molecule has 1 aliphatic rings. The Hall–Kier alpha value is -0.611. The average molecular weight is 409 g/mol. The van der Waals surface area contributed by atoms with E-state index in [0.29, 0.717) is 20.2 Å². The predicted molar refractivity (Wildman–Crippen MR) is 71.4 cm³/mol. The summed E-state index contributed by atoms with van der Waals surface area (Å²) in [7, 11) is 0. The summed E-state index contributed by atoms with van der Waals surface area (Å²) in [6.45, 7) is -0.392. The van der Waals surface area contributed by atoms with E-state index < -0.39 is 31.1 Å². The van der Waals surface area contributed by atoms with Crippen molar-refractivity contribution in [2.45, 2.75) is 24.5 Å². The van der Waals surface area contributed by atoms with Crippen molar-refractivity contribution in [2.75, 3.05) is 6.61 Å². The summed E-state index contributed by atoms with van der Waals surface area (Å²) >= 11 is 6.10. The van der Waals surface area contributed by atoms with Crippen LogP contribution in [0.25, 0.3) is 11.0 Å². The van der Waals surface area contributed by atoms with Gasteiger partial charge in [-0.2, -0.15) is 0 Å². The van der Waals surface area contributed by atoms with Gasteiger partial charge >= 0.3 is 129 Å². The molecule has 0 saturated carbocycles. The van der Waals surface area contributed by atoms with Gasteiger partial charge in [0.1, 0.15) is 0 Å². The fourth-order valence-electron chi connectivity index (χ4n) is 2.17. The first-order valence-corrected chi connectivity index (χ1v) is 7.37. The molecule has 4 unspecified atom stereocenters. The Morgan fingerprint density at radius 2 is 2.10 bits per heavy atom. The molecule has 8 nitrogen and oxygen atoms in total. The molecular weight excluding hydrogens is 399 g/mol. The van der Waals surface area contributed by atoms with Crippen molar-refractivity contribution >= 4 is 47.6 Å². The first kappa shape index (κ1) is 14.3. The Bertz CT molecular complexity index is 653. The number of hydrogen-bond donors (Lipinski definition) is 3. The normalized spacial score (nSPS) is 30.2. The van der Waals surface area contributed by atoms with Gasteiger partial charge in [0.2, 0.25) is 0 Å². The number of ether oxygens (including phenoxy) is 1. The second-order valence-corrected chi connectivity index (χ2v) is 5.90. The van der Waals surface area contributed by atoms with Crippen molar-refractivity contribution in [3.05, 3.63) is 10.9 Å².